The Balaban J connectivity index is 1.36. The molecule has 8 nitrogen and oxygen atoms in total. The molecule has 0 spiro atoms. The Morgan fingerprint density at radius 1 is 0.906 bits per heavy atom. The third-order valence-corrected chi connectivity index (χ3v) is 5.14. The van der Waals surface area contributed by atoms with Crippen LogP contribution in [0.5, 0.6) is 0 Å². The largest absolute Gasteiger partial charge is 0.326 e. The van der Waals surface area contributed by atoms with Gasteiger partial charge in [-0.2, -0.15) is 0 Å². The first-order valence-electron chi connectivity index (χ1n) is 10.4. The monoisotopic (exact) mass is 428 g/mol. The highest BCUT2D eigenvalue weighted by Gasteiger charge is 2.12. The molecule has 1 aromatic heterocycles. The molecular formula is C24H24N6O2. The second-order valence-electron chi connectivity index (χ2n) is 7.36. The predicted octanol–water partition coefficient (Wildman–Crippen LogP) is 2.82. The van der Waals surface area contributed by atoms with Gasteiger partial charge < -0.3 is 21.7 Å². The summed E-state index contributed by atoms with van der Waals surface area (Å²) in [7, 11) is 0. The van der Waals surface area contributed by atoms with Gasteiger partial charge in [-0.3, -0.25) is 14.6 Å². The van der Waals surface area contributed by atoms with E-state index < -0.39 is 0 Å². The van der Waals surface area contributed by atoms with Crippen molar-refractivity contribution in [2.24, 2.45) is 5.73 Å². The highest BCUT2D eigenvalue weighted by Crippen LogP contribution is 2.18. The predicted molar refractivity (Wildman–Crippen MR) is 124 cm³/mol. The Hall–Kier alpha value is -3.88. The highest BCUT2D eigenvalue weighted by molar-refractivity contribution is 6.07. The summed E-state index contributed by atoms with van der Waals surface area (Å²) in [5.41, 5.74) is 10.1. The highest BCUT2D eigenvalue weighted by atomic mass is 16.2. The van der Waals surface area contributed by atoms with Gasteiger partial charge in [-0.05, 0) is 60.5 Å². The lowest BCUT2D eigenvalue weighted by Gasteiger charge is -2.13. The number of carbonyl (C=O) groups excluding carboxylic acids is 2. The lowest BCUT2D eigenvalue weighted by molar-refractivity contribution is 0.101. The van der Waals surface area contributed by atoms with Gasteiger partial charge in [-0.25, -0.2) is 4.98 Å². The van der Waals surface area contributed by atoms with Crippen LogP contribution in [0, 0.1) is 0 Å². The molecule has 0 fully saturated rings. The molecule has 0 aliphatic carbocycles. The molecule has 4 rings (SSSR count). The first-order chi connectivity index (χ1) is 15.6. The molecular weight excluding hydrogens is 404 g/mol. The Morgan fingerprint density at radius 2 is 1.59 bits per heavy atom. The normalized spacial score (nSPS) is 13.2. The molecule has 0 saturated carbocycles. The number of amides is 2. The first-order valence-corrected chi connectivity index (χ1v) is 10.4. The van der Waals surface area contributed by atoms with E-state index in [0.29, 0.717) is 29.2 Å². The zero-order chi connectivity index (χ0) is 22.3. The minimum absolute atomic E-state index is 0.258. The summed E-state index contributed by atoms with van der Waals surface area (Å²) in [5, 5.41) is 8.81. The topological polar surface area (TPSA) is 122 Å². The number of anilines is 2. The number of hydrogen-bond acceptors (Lipinski definition) is 6. The van der Waals surface area contributed by atoms with Crippen molar-refractivity contribution >= 4 is 28.9 Å². The van der Waals surface area contributed by atoms with Crippen LogP contribution in [0.25, 0.3) is 5.57 Å². The van der Waals surface area contributed by atoms with Gasteiger partial charge in [0.15, 0.2) is 5.82 Å². The van der Waals surface area contributed by atoms with Crippen molar-refractivity contribution in [3.63, 3.8) is 0 Å². The lowest BCUT2D eigenvalue weighted by atomic mass is 10.1. The molecule has 0 atom stereocenters. The van der Waals surface area contributed by atoms with Crippen molar-refractivity contribution in [1.29, 1.82) is 0 Å². The van der Waals surface area contributed by atoms with Gasteiger partial charge in [-0.1, -0.05) is 18.2 Å². The van der Waals surface area contributed by atoms with E-state index in [4.69, 9.17) is 5.73 Å². The Labute approximate surface area is 186 Å². The van der Waals surface area contributed by atoms with Gasteiger partial charge >= 0.3 is 0 Å². The van der Waals surface area contributed by atoms with Crippen molar-refractivity contribution in [2.45, 2.75) is 13.0 Å². The minimum Gasteiger partial charge on any atom is -0.326 e. The summed E-state index contributed by atoms with van der Waals surface area (Å²) in [6.07, 6.45) is 6.21. The van der Waals surface area contributed by atoms with Crippen molar-refractivity contribution < 1.29 is 9.59 Å². The molecule has 2 aromatic carbocycles. The van der Waals surface area contributed by atoms with Gasteiger partial charge in [-0.15, -0.1) is 0 Å². The maximum Gasteiger partial charge on any atom is 0.256 e. The maximum atomic E-state index is 12.5. The number of rotatable bonds is 6. The molecule has 1 aliphatic rings. The molecule has 2 heterocycles. The molecule has 3 aromatic rings. The van der Waals surface area contributed by atoms with E-state index in [1.165, 1.54) is 0 Å². The Morgan fingerprint density at radius 3 is 2.16 bits per heavy atom. The standard InChI is InChI=1S/C24H24N6O2/c25-13-16-1-7-20(8-2-16)29-23(31)18-3-5-19(6-4-18)24(32)30-22-15-27-21(14-28-22)17-9-11-26-12-10-17/h1-9,14-15,26H,10-13,25H2,(H,29,31)(H,28,30,32). The van der Waals surface area contributed by atoms with Crippen LogP contribution in [-0.2, 0) is 6.54 Å². The van der Waals surface area contributed by atoms with Gasteiger partial charge in [0.25, 0.3) is 11.8 Å². The third kappa shape index (κ3) is 5.23. The number of nitrogens with one attached hydrogen (secondary N) is 3. The van der Waals surface area contributed by atoms with E-state index in [-0.39, 0.29) is 11.8 Å². The summed E-state index contributed by atoms with van der Waals surface area (Å²) in [6.45, 7) is 2.19. The van der Waals surface area contributed by atoms with Crippen LogP contribution in [0.15, 0.2) is 67.0 Å². The number of benzene rings is 2. The molecule has 8 heteroatoms. The number of nitrogens with zero attached hydrogens (tertiary/aromatic N) is 2. The Kier molecular flexibility index (Phi) is 6.64. The fourth-order valence-corrected chi connectivity index (χ4v) is 3.30. The van der Waals surface area contributed by atoms with Crippen molar-refractivity contribution in [3.8, 4) is 0 Å². The van der Waals surface area contributed by atoms with Crippen LogP contribution in [0.4, 0.5) is 11.5 Å². The smallest absolute Gasteiger partial charge is 0.256 e. The van der Waals surface area contributed by atoms with Gasteiger partial charge in [0.05, 0.1) is 18.1 Å². The van der Waals surface area contributed by atoms with E-state index in [9.17, 15) is 9.59 Å². The average Bonchev–Trinajstić information content (AvgIpc) is 2.85. The van der Waals surface area contributed by atoms with E-state index in [2.05, 4.69) is 32.0 Å². The second-order valence-corrected chi connectivity index (χ2v) is 7.36. The molecule has 0 bridgehead atoms. The quantitative estimate of drug-likeness (QED) is 0.479. The van der Waals surface area contributed by atoms with Crippen molar-refractivity contribution in [1.82, 2.24) is 15.3 Å². The van der Waals surface area contributed by atoms with Crippen LogP contribution in [0.2, 0.25) is 0 Å². The van der Waals surface area contributed by atoms with Crippen LogP contribution in [0.3, 0.4) is 0 Å². The number of nitrogens with two attached hydrogens (primary N) is 1. The fourth-order valence-electron chi connectivity index (χ4n) is 3.30. The lowest BCUT2D eigenvalue weighted by Crippen LogP contribution is -2.20. The fraction of sp³-hybridized carbons (Fsp3) is 0.167. The maximum absolute atomic E-state index is 12.5. The van der Waals surface area contributed by atoms with Crippen molar-refractivity contribution in [3.05, 3.63) is 89.4 Å². The van der Waals surface area contributed by atoms with E-state index in [1.54, 1.807) is 48.8 Å². The number of aromatic nitrogens is 2. The van der Waals surface area contributed by atoms with Crippen LogP contribution in [0.1, 0.15) is 38.4 Å². The van der Waals surface area contributed by atoms with Gasteiger partial charge in [0, 0.05) is 29.9 Å². The zero-order valence-corrected chi connectivity index (χ0v) is 17.5. The summed E-state index contributed by atoms with van der Waals surface area (Å²) in [5.74, 6) is -0.209. The molecule has 5 N–H and O–H groups in total. The van der Waals surface area contributed by atoms with Crippen LogP contribution in [-0.4, -0.2) is 34.9 Å². The first kappa shape index (κ1) is 21.4. The molecule has 2 amide bonds. The van der Waals surface area contributed by atoms with Gasteiger partial charge in [0.2, 0.25) is 0 Å². The summed E-state index contributed by atoms with van der Waals surface area (Å²) < 4.78 is 0. The SMILES string of the molecule is NCc1ccc(NC(=O)c2ccc(C(=O)Nc3cnc(C4=CCNCC4)cn3)cc2)cc1. The summed E-state index contributed by atoms with van der Waals surface area (Å²) in [6, 6.07) is 13.7. The number of hydrogen-bond donors (Lipinski definition) is 4. The molecule has 0 saturated heterocycles. The average molecular weight is 428 g/mol. The third-order valence-electron chi connectivity index (χ3n) is 5.14. The van der Waals surface area contributed by atoms with E-state index >= 15 is 0 Å². The summed E-state index contributed by atoms with van der Waals surface area (Å²) >= 11 is 0. The van der Waals surface area contributed by atoms with Gasteiger partial charge in [0.1, 0.15) is 0 Å². The van der Waals surface area contributed by atoms with Crippen LogP contribution < -0.4 is 21.7 Å². The molecule has 0 unspecified atom stereocenters. The van der Waals surface area contributed by atoms with Crippen LogP contribution >= 0.6 is 0 Å². The molecule has 32 heavy (non-hydrogen) atoms. The molecule has 1 aliphatic heterocycles. The van der Waals surface area contributed by atoms with E-state index in [1.807, 2.05) is 12.1 Å². The Bertz CT molecular complexity index is 1120. The molecule has 162 valence electrons. The second kappa shape index (κ2) is 9.95. The van der Waals surface area contributed by atoms with Crippen molar-refractivity contribution in [2.75, 3.05) is 23.7 Å². The van der Waals surface area contributed by atoms with E-state index in [0.717, 1.165) is 36.3 Å². The molecule has 0 radical (unpaired) electrons. The number of carbonyl (C=O) groups is 2. The summed E-state index contributed by atoms with van der Waals surface area (Å²) in [4.78, 5) is 33.7. The zero-order valence-electron chi connectivity index (χ0n) is 17.5. The minimum atomic E-state index is -0.322.